The summed E-state index contributed by atoms with van der Waals surface area (Å²) in [6, 6.07) is 0. The second kappa shape index (κ2) is 55.7. The number of aliphatic hydroxyl groups is 1. The molecule has 0 fully saturated rings. The van der Waals surface area contributed by atoms with E-state index in [1.165, 1.54) is 212 Å². The second-order valence-electron chi connectivity index (χ2n) is 21.2. The van der Waals surface area contributed by atoms with Gasteiger partial charge in [-0.25, -0.2) is 4.57 Å². The summed E-state index contributed by atoms with van der Waals surface area (Å²) in [6.45, 7) is 4.74. The highest BCUT2D eigenvalue weighted by Gasteiger charge is 2.28. The summed E-state index contributed by atoms with van der Waals surface area (Å²) in [4.78, 5) is 48.6. The Labute approximate surface area is 443 Å². The van der Waals surface area contributed by atoms with E-state index in [2.05, 4.69) is 20.8 Å². The maximum absolute atomic E-state index is 12.9. The van der Waals surface area contributed by atoms with Crippen molar-refractivity contribution in [3.05, 3.63) is 0 Å². The van der Waals surface area contributed by atoms with Gasteiger partial charge < -0.3 is 24.2 Å². The van der Waals surface area contributed by atoms with Crippen LogP contribution < -0.4 is 0 Å². The van der Waals surface area contributed by atoms with Gasteiger partial charge in [-0.15, -0.1) is 0 Å². The summed E-state index contributed by atoms with van der Waals surface area (Å²) >= 11 is 0. The third-order valence-electron chi connectivity index (χ3n) is 14.0. The van der Waals surface area contributed by atoms with Gasteiger partial charge in [-0.1, -0.05) is 290 Å². The van der Waals surface area contributed by atoms with Crippen LogP contribution in [0.2, 0.25) is 0 Å². The predicted molar refractivity (Wildman–Crippen MR) is 298 cm³/mol. The van der Waals surface area contributed by atoms with Gasteiger partial charge in [-0.2, -0.15) is 0 Å². The molecule has 0 saturated carbocycles. The smallest absolute Gasteiger partial charge is 0.462 e. The number of hydrogen-bond acceptors (Lipinski definition) is 10. The Hall–Kier alpha value is -1.52. The minimum absolute atomic E-state index is 0.179. The molecule has 428 valence electrons. The number of phosphoric ester groups is 1. The van der Waals surface area contributed by atoms with Crippen molar-refractivity contribution >= 4 is 25.7 Å². The summed E-state index contributed by atoms with van der Waals surface area (Å²) in [5, 5.41) is 9.83. The molecule has 72 heavy (non-hydrogen) atoms. The quantitative estimate of drug-likeness (QED) is 0.0259. The first kappa shape index (κ1) is 70.5. The third-order valence-corrected chi connectivity index (χ3v) is 15.0. The number of esters is 3. The minimum Gasteiger partial charge on any atom is -0.462 e. The van der Waals surface area contributed by atoms with Gasteiger partial charge in [0.05, 0.1) is 19.8 Å². The summed E-state index contributed by atoms with van der Waals surface area (Å²) in [6.07, 6.45) is 53.3. The normalized spacial score (nSPS) is 13.2. The number of aliphatic hydroxyl groups excluding tert-OH is 1. The molecule has 0 bridgehead atoms. The summed E-state index contributed by atoms with van der Waals surface area (Å²) < 4.78 is 39.6. The van der Waals surface area contributed by atoms with Crippen LogP contribution in [0.15, 0.2) is 0 Å². The van der Waals surface area contributed by atoms with Gasteiger partial charge in [-0.05, 0) is 19.3 Å². The number of carbonyl (C=O) groups excluding carboxylic acids is 3. The fourth-order valence-electron chi connectivity index (χ4n) is 9.30. The van der Waals surface area contributed by atoms with E-state index in [-0.39, 0.29) is 25.9 Å². The molecule has 0 aliphatic rings. The van der Waals surface area contributed by atoms with Crippen LogP contribution in [0, 0.1) is 0 Å². The maximum Gasteiger partial charge on any atom is 0.472 e. The fourth-order valence-corrected chi connectivity index (χ4v) is 10.1. The van der Waals surface area contributed by atoms with E-state index >= 15 is 0 Å². The molecule has 0 aliphatic carbocycles. The molecule has 0 radical (unpaired) electrons. The Kier molecular flexibility index (Phi) is 54.5. The van der Waals surface area contributed by atoms with Crippen LogP contribution in [0.25, 0.3) is 0 Å². The Morgan fingerprint density at radius 1 is 0.333 bits per heavy atom. The average Bonchev–Trinajstić information content (AvgIpc) is 3.37. The van der Waals surface area contributed by atoms with E-state index in [0.717, 1.165) is 57.8 Å². The maximum atomic E-state index is 12.9. The average molecular weight is 1050 g/mol. The SMILES string of the molecule is CCCCCCCCCCCCCCCCCC(=O)OCC(COP(=O)(O)OCC(CO)OC(=O)CCCCCCCCCCCCCCCCC)OC(=O)CCCCCCCCCCCCCCCCC. The number of ether oxygens (including phenoxy) is 3. The van der Waals surface area contributed by atoms with Gasteiger partial charge in [0.25, 0.3) is 0 Å². The standard InChI is InChI=1S/C60H117O11P/c1-4-7-10-13-16-19-22-25-28-31-34-37-40-43-46-49-58(62)67-53-57(71-60(64)51-48-45-42-39-36-33-30-27-24-21-18-15-12-9-6-3)55-69-72(65,66)68-54-56(52-61)70-59(63)50-47-44-41-38-35-32-29-26-23-20-17-14-11-8-5-2/h56-57,61H,4-55H2,1-3H3,(H,65,66). The number of carbonyl (C=O) groups is 3. The number of hydrogen-bond donors (Lipinski definition) is 2. The van der Waals surface area contributed by atoms with Crippen LogP contribution in [0.5, 0.6) is 0 Å². The van der Waals surface area contributed by atoms with E-state index in [4.69, 9.17) is 23.3 Å². The van der Waals surface area contributed by atoms with Gasteiger partial charge in [0, 0.05) is 19.3 Å². The van der Waals surface area contributed by atoms with Crippen molar-refractivity contribution in [3.63, 3.8) is 0 Å². The fraction of sp³-hybridized carbons (Fsp3) is 0.950. The molecule has 0 amide bonds. The van der Waals surface area contributed by atoms with Crippen molar-refractivity contribution in [2.75, 3.05) is 26.4 Å². The lowest BCUT2D eigenvalue weighted by atomic mass is 10.0. The zero-order valence-electron chi connectivity index (χ0n) is 47.4. The van der Waals surface area contributed by atoms with Crippen molar-refractivity contribution in [1.82, 2.24) is 0 Å². The Bertz CT molecular complexity index is 1220. The lowest BCUT2D eigenvalue weighted by Crippen LogP contribution is -2.30. The van der Waals surface area contributed by atoms with Crippen LogP contribution in [0.3, 0.4) is 0 Å². The van der Waals surface area contributed by atoms with Gasteiger partial charge in [-0.3, -0.25) is 23.4 Å². The molecule has 0 aromatic rings. The molecule has 3 atom stereocenters. The first-order valence-electron chi connectivity index (χ1n) is 30.9. The lowest BCUT2D eigenvalue weighted by molar-refractivity contribution is -0.161. The first-order chi connectivity index (χ1) is 35.2. The van der Waals surface area contributed by atoms with E-state index < -0.39 is 57.8 Å². The molecule has 12 heteroatoms. The molecule has 0 aromatic heterocycles. The molecule has 3 unspecified atom stereocenters. The van der Waals surface area contributed by atoms with E-state index in [0.29, 0.717) is 19.3 Å². The highest BCUT2D eigenvalue weighted by molar-refractivity contribution is 7.47. The van der Waals surface area contributed by atoms with E-state index in [9.17, 15) is 28.9 Å². The molecule has 0 spiro atoms. The summed E-state index contributed by atoms with van der Waals surface area (Å²) in [5.74, 6) is -1.42. The lowest BCUT2D eigenvalue weighted by Gasteiger charge is -2.21. The highest BCUT2D eigenvalue weighted by atomic mass is 31.2. The van der Waals surface area contributed by atoms with Crippen molar-refractivity contribution in [1.29, 1.82) is 0 Å². The molecule has 0 aromatic carbocycles. The summed E-state index contributed by atoms with van der Waals surface area (Å²) in [5.41, 5.74) is 0. The molecule has 2 N–H and O–H groups in total. The molecule has 0 heterocycles. The largest absolute Gasteiger partial charge is 0.472 e. The number of phosphoric acid groups is 1. The molecule has 0 rings (SSSR count). The second-order valence-corrected chi connectivity index (χ2v) is 22.7. The Morgan fingerprint density at radius 2 is 0.556 bits per heavy atom. The molecular weight excluding hydrogens is 928 g/mol. The van der Waals surface area contributed by atoms with Gasteiger partial charge in [0.1, 0.15) is 12.7 Å². The van der Waals surface area contributed by atoms with Crippen molar-refractivity contribution in [3.8, 4) is 0 Å². The molecule has 11 nitrogen and oxygen atoms in total. The summed E-state index contributed by atoms with van der Waals surface area (Å²) in [7, 11) is -4.74. The van der Waals surface area contributed by atoms with Crippen LogP contribution in [-0.2, 0) is 42.2 Å². The van der Waals surface area contributed by atoms with Gasteiger partial charge in [0.15, 0.2) is 6.10 Å². The topological polar surface area (TPSA) is 155 Å². The first-order valence-corrected chi connectivity index (χ1v) is 32.4. The van der Waals surface area contributed by atoms with E-state index in [1.54, 1.807) is 0 Å². The molecule has 0 saturated heterocycles. The van der Waals surface area contributed by atoms with E-state index in [1.807, 2.05) is 0 Å². The van der Waals surface area contributed by atoms with Crippen molar-refractivity contribution < 1.29 is 52.2 Å². The molecular formula is C60H117O11P. The Morgan fingerprint density at radius 3 is 0.819 bits per heavy atom. The number of unbranched alkanes of at least 4 members (excludes halogenated alkanes) is 42. The van der Waals surface area contributed by atoms with Crippen molar-refractivity contribution in [2.45, 2.75) is 341 Å². The zero-order chi connectivity index (χ0) is 52.7. The molecule has 0 aliphatic heterocycles. The van der Waals surface area contributed by atoms with Crippen molar-refractivity contribution in [2.24, 2.45) is 0 Å². The highest BCUT2D eigenvalue weighted by Crippen LogP contribution is 2.43. The Balaban J connectivity index is 4.63. The minimum atomic E-state index is -4.74. The predicted octanol–water partition coefficient (Wildman–Crippen LogP) is 18.3. The zero-order valence-corrected chi connectivity index (χ0v) is 48.3. The monoisotopic (exact) mass is 1040 g/mol. The third kappa shape index (κ3) is 53.3. The number of rotatable bonds is 59. The van der Waals surface area contributed by atoms with Crippen LogP contribution in [0.4, 0.5) is 0 Å². The van der Waals surface area contributed by atoms with Gasteiger partial charge >= 0.3 is 25.7 Å². The van der Waals surface area contributed by atoms with Crippen LogP contribution in [0.1, 0.15) is 329 Å². The van der Waals surface area contributed by atoms with Gasteiger partial charge in [0.2, 0.25) is 0 Å². The van der Waals surface area contributed by atoms with Crippen LogP contribution in [-0.4, -0.2) is 66.5 Å². The van der Waals surface area contributed by atoms with Crippen LogP contribution >= 0.6 is 7.82 Å².